The summed E-state index contributed by atoms with van der Waals surface area (Å²) in [4.78, 5) is 2.44. The lowest BCUT2D eigenvalue weighted by atomic mass is 10.2. The van der Waals surface area contributed by atoms with Gasteiger partial charge in [-0.1, -0.05) is 41.4 Å². The van der Waals surface area contributed by atoms with Gasteiger partial charge >= 0.3 is 0 Å². The predicted octanol–water partition coefficient (Wildman–Crippen LogP) is 3.92. The molecule has 1 N–H and O–H groups in total. The number of halogens is 2. The highest BCUT2D eigenvalue weighted by atomic mass is 79.9. The molecule has 1 rings (SSSR count). The van der Waals surface area contributed by atoms with E-state index in [2.05, 4.69) is 46.1 Å². The monoisotopic (exact) mass is 332 g/mol. The van der Waals surface area contributed by atoms with Gasteiger partial charge in [0.1, 0.15) is 0 Å². The van der Waals surface area contributed by atoms with E-state index < -0.39 is 0 Å². The summed E-state index contributed by atoms with van der Waals surface area (Å²) in [5.41, 5.74) is 1.22. The second-order valence-electron chi connectivity index (χ2n) is 4.33. The topological polar surface area (TPSA) is 15.3 Å². The van der Waals surface area contributed by atoms with Crippen LogP contribution in [0.4, 0.5) is 0 Å². The van der Waals surface area contributed by atoms with Crippen molar-refractivity contribution in [3.63, 3.8) is 0 Å². The van der Waals surface area contributed by atoms with Crippen LogP contribution in [-0.4, -0.2) is 31.1 Å². The fraction of sp³-hybridized carbons (Fsp3) is 0.571. The first kappa shape index (κ1) is 16.0. The summed E-state index contributed by atoms with van der Waals surface area (Å²) in [6.45, 7) is 9.77. The Morgan fingerprint density at radius 1 is 1.22 bits per heavy atom. The number of nitrogens with one attached hydrogen (secondary N) is 1. The normalized spacial score (nSPS) is 11.2. The number of nitrogens with zero attached hydrogens (tertiary/aromatic N) is 1. The molecule has 0 spiro atoms. The number of benzene rings is 1. The van der Waals surface area contributed by atoms with Crippen LogP contribution in [0.5, 0.6) is 0 Å². The smallest absolute Gasteiger partial charge is 0.0420 e. The lowest BCUT2D eigenvalue weighted by Gasteiger charge is -2.17. The zero-order chi connectivity index (χ0) is 13.4. The van der Waals surface area contributed by atoms with E-state index in [0.717, 1.165) is 35.7 Å². The van der Waals surface area contributed by atoms with Gasteiger partial charge in [-0.05, 0) is 56.4 Å². The van der Waals surface area contributed by atoms with E-state index in [1.165, 1.54) is 18.5 Å². The third-order valence-corrected chi connectivity index (χ3v) is 3.65. The summed E-state index contributed by atoms with van der Waals surface area (Å²) in [5, 5.41) is 4.24. The molecule has 18 heavy (non-hydrogen) atoms. The molecule has 2 nitrogen and oxygen atoms in total. The Kier molecular flexibility index (Phi) is 7.91. The maximum atomic E-state index is 6.00. The molecule has 0 aliphatic rings. The third kappa shape index (κ3) is 6.19. The minimum Gasteiger partial charge on any atom is -0.313 e. The zero-order valence-electron chi connectivity index (χ0n) is 11.2. The summed E-state index contributed by atoms with van der Waals surface area (Å²) in [5.74, 6) is 0. The third-order valence-electron chi connectivity index (χ3n) is 2.97. The molecule has 1 aromatic rings. The Balaban J connectivity index is 2.21. The number of hydrogen-bond donors (Lipinski definition) is 1. The van der Waals surface area contributed by atoms with Gasteiger partial charge in [-0.25, -0.2) is 0 Å². The summed E-state index contributed by atoms with van der Waals surface area (Å²) in [6, 6.07) is 6.01. The van der Waals surface area contributed by atoms with Gasteiger partial charge < -0.3 is 10.2 Å². The SMILES string of the molecule is CCN(CC)CCCNCc1cc(Cl)cc(Br)c1. The van der Waals surface area contributed by atoms with E-state index in [-0.39, 0.29) is 0 Å². The molecule has 0 unspecified atom stereocenters. The molecule has 0 aliphatic heterocycles. The van der Waals surface area contributed by atoms with Crippen LogP contribution in [-0.2, 0) is 6.54 Å². The van der Waals surface area contributed by atoms with Gasteiger partial charge in [0, 0.05) is 16.0 Å². The fourth-order valence-electron chi connectivity index (χ4n) is 1.91. The molecule has 0 bridgehead atoms. The molecule has 4 heteroatoms. The van der Waals surface area contributed by atoms with Crippen LogP contribution in [0, 0.1) is 0 Å². The number of rotatable bonds is 8. The molecule has 0 amide bonds. The van der Waals surface area contributed by atoms with Gasteiger partial charge in [0.2, 0.25) is 0 Å². The molecule has 0 atom stereocenters. The summed E-state index contributed by atoms with van der Waals surface area (Å²) in [6.07, 6.45) is 1.18. The van der Waals surface area contributed by atoms with E-state index in [4.69, 9.17) is 11.6 Å². The van der Waals surface area contributed by atoms with Gasteiger partial charge in [0.25, 0.3) is 0 Å². The predicted molar refractivity (Wildman–Crippen MR) is 83.3 cm³/mol. The fourth-order valence-corrected chi connectivity index (χ4v) is 2.84. The molecule has 0 saturated heterocycles. The van der Waals surface area contributed by atoms with Crippen molar-refractivity contribution in [3.8, 4) is 0 Å². The van der Waals surface area contributed by atoms with E-state index in [9.17, 15) is 0 Å². The summed E-state index contributed by atoms with van der Waals surface area (Å²) >= 11 is 9.46. The summed E-state index contributed by atoms with van der Waals surface area (Å²) < 4.78 is 1.04. The molecule has 0 radical (unpaired) electrons. The highest BCUT2D eigenvalue weighted by Crippen LogP contribution is 2.19. The molecule has 0 saturated carbocycles. The van der Waals surface area contributed by atoms with E-state index >= 15 is 0 Å². The second kappa shape index (κ2) is 8.92. The molecule has 0 heterocycles. The van der Waals surface area contributed by atoms with Crippen molar-refractivity contribution < 1.29 is 0 Å². The van der Waals surface area contributed by atoms with Crippen molar-refractivity contribution in [2.75, 3.05) is 26.2 Å². The van der Waals surface area contributed by atoms with Crippen LogP contribution in [0.3, 0.4) is 0 Å². The largest absolute Gasteiger partial charge is 0.313 e. The molecule has 0 aromatic heterocycles. The van der Waals surface area contributed by atoms with Crippen molar-refractivity contribution in [1.82, 2.24) is 10.2 Å². The van der Waals surface area contributed by atoms with Gasteiger partial charge in [0.05, 0.1) is 0 Å². The lowest BCUT2D eigenvalue weighted by molar-refractivity contribution is 0.298. The Morgan fingerprint density at radius 2 is 1.94 bits per heavy atom. The summed E-state index contributed by atoms with van der Waals surface area (Å²) in [7, 11) is 0. The van der Waals surface area contributed by atoms with Crippen molar-refractivity contribution in [1.29, 1.82) is 0 Å². The van der Waals surface area contributed by atoms with Gasteiger partial charge in [0.15, 0.2) is 0 Å². The quantitative estimate of drug-likeness (QED) is 0.725. The average molecular weight is 334 g/mol. The Morgan fingerprint density at radius 3 is 2.56 bits per heavy atom. The van der Waals surface area contributed by atoms with Gasteiger partial charge in [-0.3, -0.25) is 0 Å². The molecular weight excluding hydrogens is 312 g/mol. The maximum absolute atomic E-state index is 6.00. The van der Waals surface area contributed by atoms with Gasteiger partial charge in [-0.15, -0.1) is 0 Å². The lowest BCUT2D eigenvalue weighted by Crippen LogP contribution is -2.27. The van der Waals surface area contributed by atoms with E-state index in [1.54, 1.807) is 0 Å². The van der Waals surface area contributed by atoms with Gasteiger partial charge in [-0.2, -0.15) is 0 Å². The van der Waals surface area contributed by atoms with Crippen molar-refractivity contribution in [3.05, 3.63) is 33.3 Å². The van der Waals surface area contributed by atoms with Crippen LogP contribution in [0.25, 0.3) is 0 Å². The van der Waals surface area contributed by atoms with Crippen LogP contribution >= 0.6 is 27.5 Å². The minimum atomic E-state index is 0.782. The first-order chi connectivity index (χ1) is 8.65. The Bertz CT molecular complexity index is 333. The van der Waals surface area contributed by atoms with Crippen molar-refractivity contribution >= 4 is 27.5 Å². The zero-order valence-corrected chi connectivity index (χ0v) is 13.5. The Labute approximate surface area is 124 Å². The standard InChI is InChI=1S/C14H22BrClN2/c1-3-18(4-2)7-5-6-17-11-12-8-13(15)10-14(16)9-12/h8-10,17H,3-7,11H2,1-2H3. The van der Waals surface area contributed by atoms with E-state index in [0.29, 0.717) is 0 Å². The minimum absolute atomic E-state index is 0.782. The van der Waals surface area contributed by atoms with Crippen molar-refractivity contribution in [2.45, 2.75) is 26.8 Å². The molecular formula is C14H22BrClN2. The van der Waals surface area contributed by atoms with Crippen molar-refractivity contribution in [2.24, 2.45) is 0 Å². The highest BCUT2D eigenvalue weighted by Gasteiger charge is 1.99. The van der Waals surface area contributed by atoms with Crippen LogP contribution in [0.1, 0.15) is 25.8 Å². The van der Waals surface area contributed by atoms with E-state index in [1.807, 2.05) is 12.1 Å². The first-order valence-corrected chi connectivity index (χ1v) is 7.70. The van der Waals surface area contributed by atoms with Crippen LogP contribution < -0.4 is 5.32 Å². The first-order valence-electron chi connectivity index (χ1n) is 6.53. The number of hydrogen-bond acceptors (Lipinski definition) is 2. The average Bonchev–Trinajstić information content (AvgIpc) is 2.32. The highest BCUT2D eigenvalue weighted by molar-refractivity contribution is 9.10. The second-order valence-corrected chi connectivity index (χ2v) is 5.69. The molecule has 102 valence electrons. The molecule has 1 aromatic carbocycles. The van der Waals surface area contributed by atoms with Crippen LogP contribution in [0.15, 0.2) is 22.7 Å². The maximum Gasteiger partial charge on any atom is 0.0420 e. The molecule has 0 aliphatic carbocycles. The molecule has 0 fully saturated rings. The van der Waals surface area contributed by atoms with Crippen LogP contribution in [0.2, 0.25) is 5.02 Å². The Hall–Kier alpha value is -0.0900.